The SMILES string of the molecule is C[C@@H](NS(=O)(=O)/C=C/c1ccc(Cl)cc1)c1ccccc1Br. The fourth-order valence-electron chi connectivity index (χ4n) is 1.92. The highest BCUT2D eigenvalue weighted by molar-refractivity contribution is 9.10. The van der Waals surface area contributed by atoms with Crippen LogP contribution in [0.3, 0.4) is 0 Å². The minimum absolute atomic E-state index is 0.338. The summed E-state index contributed by atoms with van der Waals surface area (Å²) in [5, 5.41) is 1.77. The first-order valence-corrected chi connectivity index (χ1v) is 9.29. The average molecular weight is 401 g/mol. The Labute approximate surface area is 144 Å². The number of halogens is 2. The maximum Gasteiger partial charge on any atom is 0.234 e. The van der Waals surface area contributed by atoms with E-state index in [4.69, 9.17) is 11.6 Å². The third kappa shape index (κ3) is 4.95. The highest BCUT2D eigenvalue weighted by Crippen LogP contribution is 2.23. The Balaban J connectivity index is 2.11. The van der Waals surface area contributed by atoms with Crippen molar-refractivity contribution in [1.82, 2.24) is 4.72 Å². The van der Waals surface area contributed by atoms with Crippen molar-refractivity contribution >= 4 is 43.6 Å². The first kappa shape index (κ1) is 17.2. The molecule has 22 heavy (non-hydrogen) atoms. The van der Waals surface area contributed by atoms with Gasteiger partial charge in [-0.3, -0.25) is 0 Å². The number of hydrogen-bond acceptors (Lipinski definition) is 2. The van der Waals surface area contributed by atoms with Crippen molar-refractivity contribution in [3.8, 4) is 0 Å². The summed E-state index contributed by atoms with van der Waals surface area (Å²) in [6.07, 6.45) is 1.53. The summed E-state index contributed by atoms with van der Waals surface area (Å²) in [7, 11) is -3.54. The van der Waals surface area contributed by atoms with Crippen molar-refractivity contribution in [2.75, 3.05) is 0 Å². The molecule has 2 aromatic carbocycles. The molecule has 0 heterocycles. The molecule has 2 rings (SSSR count). The van der Waals surface area contributed by atoms with Gasteiger partial charge in [-0.05, 0) is 42.3 Å². The average Bonchev–Trinajstić information content (AvgIpc) is 2.46. The zero-order valence-corrected chi connectivity index (χ0v) is 15.0. The van der Waals surface area contributed by atoms with Gasteiger partial charge in [-0.2, -0.15) is 0 Å². The second-order valence-corrected chi connectivity index (χ2v) is 7.65. The molecule has 0 saturated heterocycles. The van der Waals surface area contributed by atoms with Crippen LogP contribution in [0.4, 0.5) is 0 Å². The molecule has 116 valence electrons. The summed E-state index contributed by atoms with van der Waals surface area (Å²) in [5.41, 5.74) is 1.65. The number of sulfonamides is 1. The third-order valence-corrected chi connectivity index (χ3v) is 5.17. The lowest BCUT2D eigenvalue weighted by molar-refractivity contribution is 0.576. The number of hydrogen-bond donors (Lipinski definition) is 1. The molecule has 0 saturated carbocycles. The summed E-state index contributed by atoms with van der Waals surface area (Å²) >= 11 is 9.22. The number of rotatable bonds is 5. The summed E-state index contributed by atoms with van der Waals surface area (Å²) in [6.45, 7) is 1.80. The first-order valence-electron chi connectivity index (χ1n) is 6.58. The van der Waals surface area contributed by atoms with E-state index in [0.717, 1.165) is 21.0 Å². The Morgan fingerprint density at radius 2 is 1.77 bits per heavy atom. The monoisotopic (exact) mass is 399 g/mol. The lowest BCUT2D eigenvalue weighted by Gasteiger charge is -2.14. The van der Waals surface area contributed by atoms with Gasteiger partial charge < -0.3 is 0 Å². The summed E-state index contributed by atoms with van der Waals surface area (Å²) in [5.74, 6) is 0. The molecule has 6 heteroatoms. The van der Waals surface area contributed by atoms with Crippen LogP contribution in [0.15, 0.2) is 58.4 Å². The van der Waals surface area contributed by atoms with E-state index in [2.05, 4.69) is 20.7 Å². The van der Waals surface area contributed by atoms with Gasteiger partial charge in [0.05, 0.1) is 0 Å². The van der Waals surface area contributed by atoms with Gasteiger partial charge in [-0.1, -0.05) is 57.9 Å². The van der Waals surface area contributed by atoms with Crippen LogP contribution < -0.4 is 4.72 Å². The maximum atomic E-state index is 12.1. The van der Waals surface area contributed by atoms with Gasteiger partial charge in [-0.15, -0.1) is 0 Å². The molecular formula is C16H15BrClNO2S. The van der Waals surface area contributed by atoms with Crippen molar-refractivity contribution in [2.45, 2.75) is 13.0 Å². The molecule has 0 amide bonds. The Morgan fingerprint density at radius 1 is 1.14 bits per heavy atom. The standard InChI is InChI=1S/C16H15BrClNO2S/c1-12(15-4-2-3-5-16(15)17)19-22(20,21)11-10-13-6-8-14(18)9-7-13/h2-12,19H,1H3/b11-10+/t12-/m1/s1. The minimum atomic E-state index is -3.54. The summed E-state index contributed by atoms with van der Waals surface area (Å²) in [4.78, 5) is 0. The topological polar surface area (TPSA) is 46.2 Å². The second kappa shape index (κ2) is 7.42. The minimum Gasteiger partial charge on any atom is -0.208 e. The van der Waals surface area contributed by atoms with Gasteiger partial charge in [0.2, 0.25) is 10.0 Å². The van der Waals surface area contributed by atoms with E-state index in [1.54, 1.807) is 31.2 Å². The third-order valence-electron chi connectivity index (χ3n) is 3.02. The van der Waals surface area contributed by atoms with Crippen LogP contribution in [0.25, 0.3) is 6.08 Å². The molecule has 0 aliphatic carbocycles. The Hall–Kier alpha value is -1.14. The zero-order chi connectivity index (χ0) is 16.2. The molecule has 0 aliphatic rings. The molecule has 1 atom stereocenters. The first-order chi connectivity index (χ1) is 10.4. The Bertz CT molecular complexity index is 773. The fraction of sp³-hybridized carbons (Fsp3) is 0.125. The van der Waals surface area contributed by atoms with Gasteiger partial charge >= 0.3 is 0 Å². The van der Waals surface area contributed by atoms with Crippen LogP contribution >= 0.6 is 27.5 Å². The summed E-state index contributed by atoms with van der Waals surface area (Å²) < 4.78 is 27.7. The van der Waals surface area contributed by atoms with E-state index < -0.39 is 10.0 Å². The lowest BCUT2D eigenvalue weighted by atomic mass is 10.1. The van der Waals surface area contributed by atoms with Crippen LogP contribution in [0.5, 0.6) is 0 Å². The maximum absolute atomic E-state index is 12.1. The predicted molar refractivity (Wildman–Crippen MR) is 95.1 cm³/mol. The van der Waals surface area contributed by atoms with E-state index in [-0.39, 0.29) is 6.04 Å². The van der Waals surface area contributed by atoms with Gasteiger partial charge in [0, 0.05) is 20.9 Å². The van der Waals surface area contributed by atoms with E-state index in [1.165, 1.54) is 6.08 Å². The van der Waals surface area contributed by atoms with Crippen LogP contribution in [0.2, 0.25) is 5.02 Å². The molecule has 0 fully saturated rings. The molecule has 0 aromatic heterocycles. The molecule has 0 radical (unpaired) electrons. The molecular weight excluding hydrogens is 386 g/mol. The van der Waals surface area contributed by atoms with Gasteiger partial charge in [0.25, 0.3) is 0 Å². The van der Waals surface area contributed by atoms with Crippen molar-refractivity contribution in [1.29, 1.82) is 0 Å². The van der Waals surface area contributed by atoms with Gasteiger partial charge in [-0.25, -0.2) is 13.1 Å². The highest BCUT2D eigenvalue weighted by atomic mass is 79.9. The molecule has 2 aromatic rings. The van der Waals surface area contributed by atoms with Gasteiger partial charge in [0.15, 0.2) is 0 Å². The largest absolute Gasteiger partial charge is 0.234 e. The van der Waals surface area contributed by atoms with Crippen LogP contribution in [0, 0.1) is 0 Å². The quantitative estimate of drug-likeness (QED) is 0.787. The summed E-state index contributed by atoms with van der Waals surface area (Å²) in [6, 6.07) is 14.1. The molecule has 0 spiro atoms. The molecule has 0 unspecified atom stereocenters. The second-order valence-electron chi connectivity index (χ2n) is 4.76. The van der Waals surface area contributed by atoms with Crippen molar-refractivity contribution in [3.63, 3.8) is 0 Å². The van der Waals surface area contributed by atoms with Crippen LogP contribution in [-0.4, -0.2) is 8.42 Å². The highest BCUT2D eigenvalue weighted by Gasteiger charge is 2.14. The molecule has 3 nitrogen and oxygen atoms in total. The van der Waals surface area contributed by atoms with Crippen molar-refractivity contribution in [2.24, 2.45) is 0 Å². The predicted octanol–water partition coefficient (Wildman–Crippen LogP) is 4.75. The Morgan fingerprint density at radius 3 is 2.41 bits per heavy atom. The zero-order valence-electron chi connectivity index (χ0n) is 11.8. The number of nitrogens with one attached hydrogen (secondary N) is 1. The van der Waals surface area contributed by atoms with E-state index in [0.29, 0.717) is 5.02 Å². The normalized spacial score (nSPS) is 13.4. The fourth-order valence-corrected chi connectivity index (χ4v) is 3.71. The van der Waals surface area contributed by atoms with Gasteiger partial charge in [0.1, 0.15) is 0 Å². The molecule has 0 bridgehead atoms. The Kier molecular flexibility index (Phi) is 5.81. The molecule has 0 aliphatic heterocycles. The van der Waals surface area contributed by atoms with E-state index in [1.807, 2.05) is 24.3 Å². The van der Waals surface area contributed by atoms with Crippen LogP contribution in [0.1, 0.15) is 24.1 Å². The lowest BCUT2D eigenvalue weighted by Crippen LogP contribution is -2.25. The van der Waals surface area contributed by atoms with E-state index >= 15 is 0 Å². The van der Waals surface area contributed by atoms with Crippen molar-refractivity contribution in [3.05, 3.63) is 74.6 Å². The van der Waals surface area contributed by atoms with Crippen molar-refractivity contribution < 1.29 is 8.42 Å². The van der Waals surface area contributed by atoms with Crippen LogP contribution in [-0.2, 0) is 10.0 Å². The van der Waals surface area contributed by atoms with E-state index in [9.17, 15) is 8.42 Å². The molecule has 1 N–H and O–H groups in total. The smallest absolute Gasteiger partial charge is 0.208 e. The number of benzene rings is 2.